The van der Waals surface area contributed by atoms with Gasteiger partial charge in [-0.3, -0.25) is 0 Å². The Morgan fingerprint density at radius 1 is 1.15 bits per heavy atom. The number of hydrogen-bond acceptors (Lipinski definition) is 2. The molecule has 2 aromatic rings. The summed E-state index contributed by atoms with van der Waals surface area (Å²) in [5, 5.41) is 3.34. The molecule has 0 saturated heterocycles. The van der Waals surface area contributed by atoms with Crippen LogP contribution in [0, 0.1) is 0 Å². The number of hydrogen-bond donors (Lipinski definition) is 1. The van der Waals surface area contributed by atoms with Crippen LogP contribution in [-0.2, 0) is 6.42 Å². The van der Waals surface area contributed by atoms with E-state index in [2.05, 4.69) is 64.3 Å². The average Bonchev–Trinajstić information content (AvgIpc) is 2.49. The highest BCUT2D eigenvalue weighted by atomic mass is 79.9. The van der Waals surface area contributed by atoms with E-state index in [-0.39, 0.29) is 0 Å². The lowest BCUT2D eigenvalue weighted by Crippen LogP contribution is -2.06. The molecule has 20 heavy (non-hydrogen) atoms. The van der Waals surface area contributed by atoms with Gasteiger partial charge in [0.1, 0.15) is 5.82 Å². The van der Waals surface area contributed by atoms with E-state index >= 15 is 0 Å². The molecule has 0 fully saturated rings. The maximum Gasteiger partial charge on any atom is 0.125 e. The standard InChI is InChI=1S/C17H21BrN2/c1-3-13(2)15-6-4-14(5-7-15)10-11-19-17-9-8-16(18)12-20-17/h4-9,12-13H,3,10-11H2,1-2H3,(H,19,20). The van der Waals surface area contributed by atoms with Gasteiger partial charge in [-0.05, 0) is 57.9 Å². The highest BCUT2D eigenvalue weighted by Crippen LogP contribution is 2.19. The number of anilines is 1. The number of pyridine rings is 1. The fourth-order valence-corrected chi connectivity index (χ4v) is 2.30. The number of nitrogens with one attached hydrogen (secondary N) is 1. The van der Waals surface area contributed by atoms with Gasteiger partial charge < -0.3 is 5.32 Å². The molecule has 0 amide bonds. The molecule has 3 heteroatoms. The first-order chi connectivity index (χ1) is 9.69. The Balaban J connectivity index is 1.83. The number of benzene rings is 1. The largest absolute Gasteiger partial charge is 0.370 e. The molecule has 0 aliphatic heterocycles. The summed E-state index contributed by atoms with van der Waals surface area (Å²) in [6, 6.07) is 12.9. The molecule has 2 nitrogen and oxygen atoms in total. The van der Waals surface area contributed by atoms with E-state index in [0.29, 0.717) is 5.92 Å². The topological polar surface area (TPSA) is 24.9 Å². The molecule has 1 atom stereocenters. The lowest BCUT2D eigenvalue weighted by molar-refractivity contribution is 0.733. The Bertz CT molecular complexity index is 520. The molecule has 1 heterocycles. The first kappa shape index (κ1) is 15.0. The maximum absolute atomic E-state index is 4.30. The Hall–Kier alpha value is -1.35. The van der Waals surface area contributed by atoms with Crippen molar-refractivity contribution in [2.24, 2.45) is 0 Å². The molecular formula is C17H21BrN2. The summed E-state index contributed by atoms with van der Waals surface area (Å²) < 4.78 is 1.00. The van der Waals surface area contributed by atoms with E-state index in [1.165, 1.54) is 17.5 Å². The Morgan fingerprint density at radius 3 is 2.50 bits per heavy atom. The molecule has 1 aromatic carbocycles. The Morgan fingerprint density at radius 2 is 1.90 bits per heavy atom. The lowest BCUT2D eigenvalue weighted by Gasteiger charge is -2.10. The van der Waals surface area contributed by atoms with Crippen molar-refractivity contribution in [2.45, 2.75) is 32.6 Å². The van der Waals surface area contributed by atoms with Gasteiger partial charge >= 0.3 is 0 Å². The number of halogens is 1. The average molecular weight is 333 g/mol. The minimum absolute atomic E-state index is 0.647. The number of nitrogens with zero attached hydrogens (tertiary/aromatic N) is 1. The molecular weight excluding hydrogens is 312 g/mol. The van der Waals surface area contributed by atoms with Crippen LogP contribution in [-0.4, -0.2) is 11.5 Å². The monoisotopic (exact) mass is 332 g/mol. The summed E-state index contributed by atoms with van der Waals surface area (Å²) in [6.07, 6.45) is 4.01. The zero-order valence-electron chi connectivity index (χ0n) is 12.1. The van der Waals surface area contributed by atoms with Gasteiger partial charge in [0.05, 0.1) is 0 Å². The molecule has 0 aliphatic carbocycles. The smallest absolute Gasteiger partial charge is 0.125 e. The third kappa shape index (κ3) is 4.34. The van der Waals surface area contributed by atoms with Gasteiger partial charge in [0.25, 0.3) is 0 Å². The van der Waals surface area contributed by atoms with Crippen molar-refractivity contribution in [3.8, 4) is 0 Å². The molecule has 0 spiro atoms. The van der Waals surface area contributed by atoms with Crippen molar-refractivity contribution in [3.05, 3.63) is 58.2 Å². The van der Waals surface area contributed by atoms with Crippen LogP contribution in [0.15, 0.2) is 47.1 Å². The van der Waals surface area contributed by atoms with Gasteiger partial charge in [-0.15, -0.1) is 0 Å². The fourth-order valence-electron chi connectivity index (χ4n) is 2.06. The predicted octanol–water partition coefficient (Wildman–Crippen LogP) is 5.01. The van der Waals surface area contributed by atoms with E-state index in [9.17, 15) is 0 Å². The molecule has 0 aliphatic rings. The van der Waals surface area contributed by atoms with Crippen LogP contribution in [0.5, 0.6) is 0 Å². The van der Waals surface area contributed by atoms with Crippen LogP contribution in [0.3, 0.4) is 0 Å². The lowest BCUT2D eigenvalue weighted by atomic mass is 9.97. The summed E-state index contributed by atoms with van der Waals surface area (Å²) in [4.78, 5) is 4.30. The van der Waals surface area contributed by atoms with Gasteiger partial charge in [0.2, 0.25) is 0 Å². The van der Waals surface area contributed by atoms with E-state index < -0.39 is 0 Å². The Labute approximate surface area is 129 Å². The first-order valence-electron chi connectivity index (χ1n) is 7.13. The zero-order valence-corrected chi connectivity index (χ0v) is 13.7. The second-order valence-electron chi connectivity index (χ2n) is 5.09. The second-order valence-corrected chi connectivity index (χ2v) is 6.00. The molecule has 0 bridgehead atoms. The quantitative estimate of drug-likeness (QED) is 0.803. The molecule has 106 valence electrons. The van der Waals surface area contributed by atoms with Gasteiger partial charge in [-0.1, -0.05) is 38.1 Å². The summed E-state index contributed by atoms with van der Waals surface area (Å²) in [5.74, 6) is 1.57. The SMILES string of the molecule is CCC(C)c1ccc(CCNc2ccc(Br)cn2)cc1. The summed E-state index contributed by atoms with van der Waals surface area (Å²) in [6.45, 7) is 5.40. The molecule has 0 radical (unpaired) electrons. The van der Waals surface area contributed by atoms with Gasteiger partial charge in [0.15, 0.2) is 0 Å². The molecule has 0 saturated carbocycles. The van der Waals surface area contributed by atoms with Crippen molar-refractivity contribution in [1.29, 1.82) is 0 Å². The zero-order chi connectivity index (χ0) is 14.4. The van der Waals surface area contributed by atoms with Crippen molar-refractivity contribution >= 4 is 21.7 Å². The van der Waals surface area contributed by atoms with Crippen LogP contribution < -0.4 is 5.32 Å². The first-order valence-corrected chi connectivity index (χ1v) is 7.92. The summed E-state index contributed by atoms with van der Waals surface area (Å²) >= 11 is 3.38. The predicted molar refractivity (Wildman–Crippen MR) is 89.3 cm³/mol. The van der Waals surface area contributed by atoms with Crippen LogP contribution in [0.1, 0.15) is 37.3 Å². The molecule has 2 rings (SSSR count). The molecule has 1 unspecified atom stereocenters. The van der Waals surface area contributed by atoms with Crippen LogP contribution in [0.2, 0.25) is 0 Å². The fraction of sp³-hybridized carbons (Fsp3) is 0.353. The molecule has 1 N–H and O–H groups in total. The van der Waals surface area contributed by atoms with Crippen molar-refractivity contribution < 1.29 is 0 Å². The van der Waals surface area contributed by atoms with E-state index in [0.717, 1.165) is 23.3 Å². The van der Waals surface area contributed by atoms with Gasteiger partial charge in [-0.25, -0.2) is 4.98 Å². The van der Waals surface area contributed by atoms with Gasteiger partial charge in [0, 0.05) is 17.2 Å². The highest BCUT2D eigenvalue weighted by molar-refractivity contribution is 9.10. The van der Waals surface area contributed by atoms with E-state index in [1.54, 1.807) is 0 Å². The summed E-state index contributed by atoms with van der Waals surface area (Å²) in [7, 11) is 0. The van der Waals surface area contributed by atoms with E-state index in [1.807, 2.05) is 18.3 Å². The number of rotatable bonds is 6. The van der Waals surface area contributed by atoms with Crippen molar-refractivity contribution in [1.82, 2.24) is 4.98 Å². The van der Waals surface area contributed by atoms with Crippen LogP contribution in [0.4, 0.5) is 5.82 Å². The second kappa shape index (κ2) is 7.44. The minimum atomic E-state index is 0.647. The van der Waals surface area contributed by atoms with Crippen molar-refractivity contribution in [2.75, 3.05) is 11.9 Å². The third-order valence-electron chi connectivity index (χ3n) is 3.61. The minimum Gasteiger partial charge on any atom is -0.370 e. The number of aromatic nitrogens is 1. The maximum atomic E-state index is 4.30. The van der Waals surface area contributed by atoms with E-state index in [4.69, 9.17) is 0 Å². The van der Waals surface area contributed by atoms with Crippen LogP contribution in [0.25, 0.3) is 0 Å². The van der Waals surface area contributed by atoms with Gasteiger partial charge in [-0.2, -0.15) is 0 Å². The van der Waals surface area contributed by atoms with Crippen molar-refractivity contribution in [3.63, 3.8) is 0 Å². The normalized spacial score (nSPS) is 12.2. The highest BCUT2D eigenvalue weighted by Gasteiger charge is 2.02. The third-order valence-corrected chi connectivity index (χ3v) is 4.08. The summed E-state index contributed by atoms with van der Waals surface area (Å²) in [5.41, 5.74) is 2.79. The van der Waals surface area contributed by atoms with Crippen LogP contribution >= 0.6 is 15.9 Å². The Kier molecular flexibility index (Phi) is 5.60. The molecule has 1 aromatic heterocycles.